The lowest BCUT2D eigenvalue weighted by Gasteiger charge is -2.31. The molecule has 3 heterocycles. The van der Waals surface area contributed by atoms with E-state index >= 15 is 0 Å². The Kier molecular flexibility index (Phi) is 5.62. The van der Waals surface area contributed by atoms with Crippen LogP contribution in [0.2, 0.25) is 0 Å². The van der Waals surface area contributed by atoms with Gasteiger partial charge in [-0.05, 0) is 42.7 Å². The first-order chi connectivity index (χ1) is 15.0. The summed E-state index contributed by atoms with van der Waals surface area (Å²) < 4.78 is 37.7. The van der Waals surface area contributed by atoms with E-state index < -0.39 is 10.0 Å². The maximum Gasteiger partial charge on any atom is 0.227 e. The zero-order valence-corrected chi connectivity index (χ0v) is 18.4. The molecule has 7 nitrogen and oxygen atoms in total. The highest BCUT2D eigenvalue weighted by molar-refractivity contribution is 7.90. The van der Waals surface area contributed by atoms with Gasteiger partial charge in [-0.15, -0.1) is 0 Å². The summed E-state index contributed by atoms with van der Waals surface area (Å²) in [6.07, 6.45) is 4.51. The lowest BCUT2D eigenvalue weighted by atomic mass is 9.99. The molecule has 31 heavy (non-hydrogen) atoms. The zero-order valence-electron chi connectivity index (χ0n) is 17.5. The Morgan fingerprint density at radius 1 is 1.03 bits per heavy atom. The lowest BCUT2D eigenvalue weighted by molar-refractivity contribution is 0.180. The molecule has 1 aliphatic carbocycles. The van der Waals surface area contributed by atoms with Crippen molar-refractivity contribution in [1.82, 2.24) is 9.21 Å². The second-order valence-corrected chi connectivity index (χ2v) is 11.1. The summed E-state index contributed by atoms with van der Waals surface area (Å²) in [4.78, 5) is 14.7. The lowest BCUT2D eigenvalue weighted by Crippen LogP contribution is -2.41. The summed E-state index contributed by atoms with van der Waals surface area (Å²) in [6.45, 7) is 3.78. The molecule has 2 aliphatic heterocycles. The van der Waals surface area contributed by atoms with Crippen LogP contribution in [0.4, 0.5) is 0 Å². The maximum absolute atomic E-state index is 12.5. The molecule has 1 aromatic carbocycles. The Hall–Kier alpha value is -2.16. The summed E-state index contributed by atoms with van der Waals surface area (Å²) in [5.74, 6) is 1.10. The van der Waals surface area contributed by atoms with Gasteiger partial charge in [-0.2, -0.15) is 0 Å². The maximum atomic E-state index is 12.5. The molecule has 1 saturated carbocycles. The minimum Gasteiger partial charge on any atom is -0.486 e. The van der Waals surface area contributed by atoms with Crippen molar-refractivity contribution in [3.8, 4) is 5.75 Å². The quantitative estimate of drug-likeness (QED) is 0.653. The molecule has 0 spiro atoms. The zero-order chi connectivity index (χ0) is 21.4. The normalized spacial score (nSPS) is 20.6. The van der Waals surface area contributed by atoms with Crippen LogP contribution in [0.5, 0.6) is 5.75 Å². The van der Waals surface area contributed by atoms with Crippen molar-refractivity contribution in [1.29, 1.82) is 0 Å². The molecular weight excluding hydrogens is 416 g/mol. The number of fused-ring (bicyclic) bond motifs is 1. The predicted molar refractivity (Wildman–Crippen MR) is 116 cm³/mol. The van der Waals surface area contributed by atoms with Crippen LogP contribution < -0.4 is 10.2 Å². The van der Waals surface area contributed by atoms with Gasteiger partial charge in [0.2, 0.25) is 21.2 Å². The first-order valence-corrected chi connectivity index (χ1v) is 12.5. The average molecular weight is 445 g/mol. The SMILES string of the molecule is O=c1cc(CN2Cc3ccccc3C2)occ1OCC1CCN(S(=O)(=O)C2CC2)CC1. The summed E-state index contributed by atoms with van der Waals surface area (Å²) in [5.41, 5.74) is 2.47. The van der Waals surface area contributed by atoms with Gasteiger partial charge >= 0.3 is 0 Å². The third-order valence-corrected chi connectivity index (χ3v) is 8.89. The van der Waals surface area contributed by atoms with Crippen molar-refractivity contribution in [3.63, 3.8) is 0 Å². The number of ether oxygens (including phenoxy) is 1. The van der Waals surface area contributed by atoms with Gasteiger partial charge in [-0.25, -0.2) is 12.7 Å². The molecule has 0 amide bonds. The van der Waals surface area contributed by atoms with Crippen molar-refractivity contribution in [2.75, 3.05) is 19.7 Å². The van der Waals surface area contributed by atoms with Crippen LogP contribution in [0.15, 0.2) is 45.8 Å². The van der Waals surface area contributed by atoms with E-state index in [0.717, 1.165) is 38.8 Å². The molecule has 0 radical (unpaired) electrons. The Bertz CT molecular complexity index is 1080. The van der Waals surface area contributed by atoms with E-state index in [2.05, 4.69) is 17.0 Å². The number of hydrogen-bond acceptors (Lipinski definition) is 6. The van der Waals surface area contributed by atoms with E-state index in [4.69, 9.17) is 9.15 Å². The van der Waals surface area contributed by atoms with Gasteiger partial charge in [0, 0.05) is 32.2 Å². The fourth-order valence-corrected chi connectivity index (χ4v) is 6.35. The second kappa shape index (κ2) is 8.41. The Morgan fingerprint density at radius 3 is 2.32 bits per heavy atom. The highest BCUT2D eigenvalue weighted by atomic mass is 32.2. The fraction of sp³-hybridized carbons (Fsp3) is 0.522. The van der Waals surface area contributed by atoms with E-state index in [1.165, 1.54) is 23.5 Å². The van der Waals surface area contributed by atoms with Gasteiger partial charge in [-0.3, -0.25) is 9.69 Å². The molecule has 0 atom stereocenters. The molecule has 8 heteroatoms. The molecule has 0 bridgehead atoms. The van der Waals surface area contributed by atoms with Crippen molar-refractivity contribution in [3.05, 3.63) is 63.7 Å². The van der Waals surface area contributed by atoms with Gasteiger partial charge < -0.3 is 9.15 Å². The van der Waals surface area contributed by atoms with E-state index in [1.807, 2.05) is 12.1 Å². The third kappa shape index (κ3) is 4.56. The molecule has 166 valence electrons. The molecule has 5 rings (SSSR count). The topological polar surface area (TPSA) is 80.1 Å². The average Bonchev–Trinajstić information content (AvgIpc) is 3.55. The minimum atomic E-state index is -3.09. The number of rotatable bonds is 7. The van der Waals surface area contributed by atoms with E-state index in [9.17, 15) is 13.2 Å². The van der Waals surface area contributed by atoms with Crippen molar-refractivity contribution in [2.45, 2.75) is 50.6 Å². The summed E-state index contributed by atoms with van der Waals surface area (Å²) >= 11 is 0. The monoisotopic (exact) mass is 444 g/mol. The van der Waals surface area contributed by atoms with Gasteiger partial charge in [0.15, 0.2) is 0 Å². The van der Waals surface area contributed by atoms with E-state index in [1.54, 1.807) is 4.31 Å². The van der Waals surface area contributed by atoms with Gasteiger partial charge in [0.1, 0.15) is 12.0 Å². The van der Waals surface area contributed by atoms with Crippen molar-refractivity contribution in [2.24, 2.45) is 5.92 Å². The smallest absolute Gasteiger partial charge is 0.227 e. The molecule has 3 aliphatic rings. The van der Waals surface area contributed by atoms with Crippen molar-refractivity contribution < 1.29 is 17.6 Å². The fourth-order valence-electron chi connectivity index (χ4n) is 4.48. The van der Waals surface area contributed by atoms with Crippen LogP contribution in [-0.4, -0.2) is 42.6 Å². The van der Waals surface area contributed by atoms with Crippen LogP contribution >= 0.6 is 0 Å². The molecule has 2 fully saturated rings. The highest BCUT2D eigenvalue weighted by Gasteiger charge is 2.41. The van der Waals surface area contributed by atoms with Gasteiger partial charge in [0.25, 0.3) is 0 Å². The van der Waals surface area contributed by atoms with Crippen molar-refractivity contribution >= 4 is 10.0 Å². The summed E-state index contributed by atoms with van der Waals surface area (Å²) in [7, 11) is -3.09. The van der Waals surface area contributed by atoms with E-state index in [0.29, 0.717) is 32.0 Å². The highest BCUT2D eigenvalue weighted by Crippen LogP contribution is 2.33. The molecular formula is C23H28N2O5S. The number of hydrogen-bond donors (Lipinski definition) is 0. The van der Waals surface area contributed by atoms with Crippen LogP contribution in [-0.2, 0) is 29.7 Å². The summed E-state index contributed by atoms with van der Waals surface area (Å²) in [6, 6.07) is 9.88. The number of piperidine rings is 1. The van der Waals surface area contributed by atoms with Gasteiger partial charge in [-0.1, -0.05) is 24.3 Å². The van der Waals surface area contributed by atoms with Crippen LogP contribution in [0, 0.1) is 5.92 Å². The minimum absolute atomic E-state index is 0.154. The largest absolute Gasteiger partial charge is 0.486 e. The number of nitrogens with zero attached hydrogens (tertiary/aromatic N) is 2. The second-order valence-electron chi connectivity index (χ2n) is 8.89. The van der Waals surface area contributed by atoms with Crippen LogP contribution in [0.25, 0.3) is 0 Å². The van der Waals surface area contributed by atoms with E-state index in [-0.39, 0.29) is 22.3 Å². The Balaban J connectivity index is 1.12. The van der Waals surface area contributed by atoms with Crippen LogP contribution in [0.1, 0.15) is 42.6 Å². The Morgan fingerprint density at radius 2 is 1.71 bits per heavy atom. The van der Waals surface area contributed by atoms with Crippen LogP contribution in [0.3, 0.4) is 0 Å². The number of benzene rings is 1. The first kappa shape index (κ1) is 20.7. The molecule has 0 unspecified atom stereocenters. The first-order valence-electron chi connectivity index (χ1n) is 11.0. The number of sulfonamides is 1. The summed E-state index contributed by atoms with van der Waals surface area (Å²) in [5, 5.41) is -0.154. The standard InChI is InChI=1S/C23H28N2O5S/c26-22-11-20(14-24-12-18-3-1-2-4-19(18)13-24)29-16-23(22)30-15-17-7-9-25(10-8-17)31(27,28)21-5-6-21/h1-4,11,16-17,21H,5-10,12-15H2. The predicted octanol–water partition coefficient (Wildman–Crippen LogP) is 2.74. The Labute approximate surface area is 182 Å². The molecule has 2 aromatic rings. The van der Waals surface area contributed by atoms with Gasteiger partial charge in [0.05, 0.1) is 18.4 Å². The molecule has 1 aromatic heterocycles. The third-order valence-electron chi connectivity index (χ3n) is 6.49. The molecule has 0 N–H and O–H groups in total. The molecule has 1 saturated heterocycles.